The van der Waals surface area contributed by atoms with E-state index in [1.165, 1.54) is 0 Å². The Morgan fingerprint density at radius 3 is 1.77 bits per heavy atom. The fourth-order valence-corrected chi connectivity index (χ4v) is 2.97. The van der Waals surface area contributed by atoms with Crippen LogP contribution in [0.3, 0.4) is 0 Å². The summed E-state index contributed by atoms with van der Waals surface area (Å²) in [4.78, 5) is 0. The highest BCUT2D eigenvalue weighted by atomic mass is 32.2. The van der Waals surface area contributed by atoms with Crippen LogP contribution in [-0.2, 0) is 10.1 Å². The largest absolute Gasteiger partial charge is 0.324 e. The van der Waals surface area contributed by atoms with Crippen molar-refractivity contribution in [1.29, 1.82) is 0 Å². The van der Waals surface area contributed by atoms with Gasteiger partial charge in [-0.05, 0) is 19.3 Å². The third kappa shape index (κ3) is 2.93. The summed E-state index contributed by atoms with van der Waals surface area (Å²) in [6, 6.07) is 0. The van der Waals surface area contributed by atoms with Gasteiger partial charge in [-0.3, -0.25) is 4.55 Å². The smallest absolute Gasteiger partial charge is 0.269 e. The quantitative estimate of drug-likeness (QED) is 0.666. The fourth-order valence-electron chi connectivity index (χ4n) is 1.62. The number of rotatable bonds is 5. The summed E-state index contributed by atoms with van der Waals surface area (Å²) in [7, 11) is -4.02. The fraction of sp³-hybridized carbons (Fsp3) is 1.00. The molecule has 0 aromatic carbocycles. The molecule has 0 amide bonds. The van der Waals surface area contributed by atoms with Crippen LogP contribution < -0.4 is 5.73 Å². The third-order valence-corrected chi connectivity index (χ3v) is 4.21. The van der Waals surface area contributed by atoms with Gasteiger partial charge in [0.15, 0.2) is 0 Å². The van der Waals surface area contributed by atoms with Crippen molar-refractivity contribution in [2.75, 3.05) is 0 Å². The highest BCUT2D eigenvalue weighted by Gasteiger charge is 2.38. The van der Waals surface area contributed by atoms with Crippen LogP contribution in [0.15, 0.2) is 0 Å². The van der Waals surface area contributed by atoms with E-state index in [1.807, 2.05) is 13.8 Å². The second-order valence-electron chi connectivity index (χ2n) is 3.35. The summed E-state index contributed by atoms with van der Waals surface area (Å²) < 4.78 is 31.0. The van der Waals surface area contributed by atoms with Crippen LogP contribution in [0.25, 0.3) is 0 Å². The standard InChI is InChI=1S/C8H19NO3S/c1-4-7(13(10,11)12)8(9,5-2)6-3/h7H,4-6,9H2,1-3H3,(H,10,11,12). The monoisotopic (exact) mass is 209 g/mol. The minimum atomic E-state index is -4.02. The maximum Gasteiger partial charge on any atom is 0.269 e. The van der Waals surface area contributed by atoms with Crippen LogP contribution in [0.4, 0.5) is 0 Å². The molecule has 1 unspecified atom stereocenters. The van der Waals surface area contributed by atoms with Gasteiger partial charge in [-0.2, -0.15) is 8.42 Å². The Kier molecular flexibility index (Phi) is 4.35. The van der Waals surface area contributed by atoms with E-state index >= 15 is 0 Å². The molecule has 0 heterocycles. The molecule has 0 aliphatic rings. The molecule has 0 saturated heterocycles. The summed E-state index contributed by atoms with van der Waals surface area (Å²) in [6.07, 6.45) is 1.43. The Labute approximate surface area is 80.3 Å². The number of nitrogens with two attached hydrogens (primary N) is 1. The molecule has 3 N–H and O–H groups in total. The molecule has 4 nitrogen and oxygen atoms in total. The lowest BCUT2D eigenvalue weighted by molar-refractivity contribution is 0.340. The first-order valence-corrected chi connectivity index (χ1v) is 6.07. The van der Waals surface area contributed by atoms with Gasteiger partial charge in [0, 0.05) is 5.54 Å². The predicted octanol–water partition coefficient (Wildman–Crippen LogP) is 1.17. The second kappa shape index (κ2) is 4.39. The van der Waals surface area contributed by atoms with Gasteiger partial charge < -0.3 is 5.73 Å². The number of hydrogen-bond acceptors (Lipinski definition) is 3. The molecule has 0 spiro atoms. The summed E-state index contributed by atoms with van der Waals surface area (Å²) >= 11 is 0. The first kappa shape index (κ1) is 12.9. The van der Waals surface area contributed by atoms with E-state index in [2.05, 4.69) is 0 Å². The van der Waals surface area contributed by atoms with Crippen LogP contribution in [0, 0.1) is 0 Å². The number of hydrogen-bond donors (Lipinski definition) is 2. The molecule has 0 bridgehead atoms. The highest BCUT2D eigenvalue weighted by Crippen LogP contribution is 2.24. The summed E-state index contributed by atoms with van der Waals surface area (Å²) in [5, 5.41) is -0.852. The van der Waals surface area contributed by atoms with Crippen molar-refractivity contribution in [3.05, 3.63) is 0 Å². The molecule has 0 aromatic heterocycles. The maximum absolute atomic E-state index is 11.0. The van der Waals surface area contributed by atoms with E-state index in [0.717, 1.165) is 0 Å². The molecule has 0 aliphatic heterocycles. The van der Waals surface area contributed by atoms with Crippen LogP contribution in [0.2, 0.25) is 0 Å². The molecule has 0 aromatic rings. The zero-order valence-corrected chi connectivity index (χ0v) is 9.26. The van der Waals surface area contributed by atoms with Gasteiger partial charge >= 0.3 is 0 Å². The van der Waals surface area contributed by atoms with Crippen molar-refractivity contribution in [2.24, 2.45) is 5.73 Å². The first-order valence-electron chi connectivity index (χ1n) is 4.57. The predicted molar refractivity (Wildman–Crippen MR) is 53.1 cm³/mol. The van der Waals surface area contributed by atoms with Crippen molar-refractivity contribution in [2.45, 2.75) is 50.8 Å². The Morgan fingerprint density at radius 2 is 1.69 bits per heavy atom. The Morgan fingerprint density at radius 1 is 1.31 bits per heavy atom. The molecule has 0 rings (SSSR count). The molecule has 13 heavy (non-hydrogen) atoms. The van der Waals surface area contributed by atoms with Crippen molar-refractivity contribution >= 4 is 10.1 Å². The molecular formula is C8H19NO3S. The van der Waals surface area contributed by atoms with Gasteiger partial charge in [-0.25, -0.2) is 0 Å². The average molecular weight is 209 g/mol. The normalized spacial score (nSPS) is 15.8. The molecule has 0 fully saturated rings. The molecule has 5 heteroatoms. The van der Waals surface area contributed by atoms with Gasteiger partial charge in [-0.1, -0.05) is 20.8 Å². The van der Waals surface area contributed by atoms with Gasteiger partial charge in [0.25, 0.3) is 10.1 Å². The van der Waals surface area contributed by atoms with E-state index in [1.54, 1.807) is 6.92 Å². The molecule has 80 valence electrons. The van der Waals surface area contributed by atoms with Crippen LogP contribution in [0.5, 0.6) is 0 Å². The van der Waals surface area contributed by atoms with Crippen LogP contribution >= 0.6 is 0 Å². The average Bonchev–Trinajstić information content (AvgIpc) is 2.02. The molecule has 0 saturated carbocycles. The maximum atomic E-state index is 11.0. The molecule has 0 radical (unpaired) electrons. The van der Waals surface area contributed by atoms with Crippen molar-refractivity contribution in [1.82, 2.24) is 0 Å². The van der Waals surface area contributed by atoms with E-state index in [0.29, 0.717) is 19.3 Å². The minimum Gasteiger partial charge on any atom is -0.324 e. The molecule has 0 aliphatic carbocycles. The van der Waals surface area contributed by atoms with Crippen molar-refractivity contribution in [3.63, 3.8) is 0 Å². The first-order chi connectivity index (χ1) is 5.81. The van der Waals surface area contributed by atoms with Gasteiger partial charge in [0.05, 0.1) is 0 Å². The van der Waals surface area contributed by atoms with Crippen LogP contribution in [-0.4, -0.2) is 23.8 Å². The molecule has 1 atom stereocenters. The summed E-state index contributed by atoms with van der Waals surface area (Å²) in [5.41, 5.74) is 5.10. The lowest BCUT2D eigenvalue weighted by Crippen LogP contribution is -2.53. The minimum absolute atomic E-state index is 0.344. The second-order valence-corrected chi connectivity index (χ2v) is 4.95. The van der Waals surface area contributed by atoms with Crippen LogP contribution in [0.1, 0.15) is 40.0 Å². The molecular weight excluding hydrogens is 190 g/mol. The Balaban J connectivity index is 4.96. The van der Waals surface area contributed by atoms with Gasteiger partial charge in [0.2, 0.25) is 0 Å². The third-order valence-electron chi connectivity index (χ3n) is 2.69. The van der Waals surface area contributed by atoms with E-state index in [9.17, 15) is 8.42 Å². The lowest BCUT2D eigenvalue weighted by Gasteiger charge is -2.33. The van der Waals surface area contributed by atoms with E-state index in [4.69, 9.17) is 10.3 Å². The van der Waals surface area contributed by atoms with Gasteiger partial charge in [-0.15, -0.1) is 0 Å². The Bertz CT molecular complexity index is 244. The SMILES string of the molecule is CCC(C(N)(CC)CC)S(=O)(=O)O. The zero-order chi connectivity index (χ0) is 10.7. The topological polar surface area (TPSA) is 80.4 Å². The lowest BCUT2D eigenvalue weighted by atomic mass is 9.89. The zero-order valence-electron chi connectivity index (χ0n) is 8.45. The highest BCUT2D eigenvalue weighted by molar-refractivity contribution is 7.86. The van der Waals surface area contributed by atoms with Crippen molar-refractivity contribution < 1.29 is 13.0 Å². The summed E-state index contributed by atoms with van der Waals surface area (Å²) in [5.74, 6) is 0. The summed E-state index contributed by atoms with van der Waals surface area (Å²) in [6.45, 7) is 5.38. The van der Waals surface area contributed by atoms with Gasteiger partial charge in [0.1, 0.15) is 5.25 Å². The van der Waals surface area contributed by atoms with E-state index < -0.39 is 20.9 Å². The van der Waals surface area contributed by atoms with E-state index in [-0.39, 0.29) is 0 Å². The van der Waals surface area contributed by atoms with Crippen molar-refractivity contribution in [3.8, 4) is 0 Å². The Hall–Kier alpha value is -0.130.